The van der Waals surface area contributed by atoms with E-state index in [1.54, 1.807) is 0 Å². The van der Waals surface area contributed by atoms with E-state index in [4.69, 9.17) is 34.0 Å². The minimum atomic E-state index is -1.03. The molecule has 0 fully saturated rings. The molecule has 0 bridgehead atoms. The number of phenolic OH excluding ortho intramolecular Hbond substituents is 1. The van der Waals surface area contributed by atoms with E-state index in [1.807, 2.05) is 0 Å². The highest BCUT2D eigenvalue weighted by atomic mass is 35.5. The number of aromatic hydroxyl groups is 1. The van der Waals surface area contributed by atoms with Crippen molar-refractivity contribution in [1.82, 2.24) is 0 Å². The molecule has 0 heterocycles. The molecule has 1 amide bonds. The largest absolute Gasteiger partial charge is 0.505 e. The second-order valence-corrected chi connectivity index (χ2v) is 4.63. The maximum absolute atomic E-state index is 11.7. The van der Waals surface area contributed by atoms with Gasteiger partial charge in [0.1, 0.15) is 0 Å². The van der Waals surface area contributed by atoms with Crippen molar-refractivity contribution in [3.05, 3.63) is 22.2 Å². The summed E-state index contributed by atoms with van der Waals surface area (Å²) >= 11 is 11.4. The van der Waals surface area contributed by atoms with Gasteiger partial charge >= 0.3 is 5.97 Å². The molecule has 1 aromatic carbocycles. The monoisotopic (exact) mass is 306 g/mol. The van der Waals surface area contributed by atoms with Crippen LogP contribution in [0.1, 0.15) is 12.8 Å². The fourth-order valence-corrected chi connectivity index (χ4v) is 1.77. The van der Waals surface area contributed by atoms with Crippen LogP contribution in [-0.2, 0) is 9.59 Å². The molecule has 8 heteroatoms. The number of carbonyl (C=O) groups excluding carboxylic acids is 1. The summed E-state index contributed by atoms with van der Waals surface area (Å²) in [5, 5.41) is 20.3. The van der Waals surface area contributed by atoms with Gasteiger partial charge in [0.05, 0.1) is 16.1 Å². The van der Waals surface area contributed by atoms with E-state index in [-0.39, 0.29) is 34.3 Å². The minimum absolute atomic E-state index is 0.0121. The Balaban J connectivity index is 2.69. The van der Waals surface area contributed by atoms with Gasteiger partial charge in [0.15, 0.2) is 5.75 Å². The topological polar surface area (TPSA) is 113 Å². The van der Waals surface area contributed by atoms with Crippen molar-refractivity contribution < 1.29 is 19.8 Å². The van der Waals surface area contributed by atoms with E-state index in [9.17, 15) is 14.7 Å². The first-order chi connectivity index (χ1) is 8.81. The van der Waals surface area contributed by atoms with Gasteiger partial charge in [-0.3, -0.25) is 9.59 Å². The Morgan fingerprint density at radius 1 is 1.32 bits per heavy atom. The maximum atomic E-state index is 11.7. The van der Waals surface area contributed by atoms with Crippen molar-refractivity contribution in [1.29, 1.82) is 0 Å². The van der Waals surface area contributed by atoms with E-state index < -0.39 is 17.9 Å². The zero-order chi connectivity index (χ0) is 14.6. The average Bonchev–Trinajstić information content (AvgIpc) is 2.32. The summed E-state index contributed by atoms with van der Waals surface area (Å²) in [4.78, 5) is 22.0. The van der Waals surface area contributed by atoms with Crippen LogP contribution in [0.5, 0.6) is 5.75 Å². The molecule has 0 spiro atoms. The van der Waals surface area contributed by atoms with Crippen molar-refractivity contribution in [2.45, 2.75) is 18.9 Å². The van der Waals surface area contributed by atoms with Gasteiger partial charge in [-0.1, -0.05) is 23.2 Å². The molecule has 5 N–H and O–H groups in total. The third kappa shape index (κ3) is 4.59. The number of nitrogens with one attached hydrogen (secondary N) is 1. The molecule has 1 atom stereocenters. The number of carbonyl (C=O) groups is 2. The van der Waals surface area contributed by atoms with Crippen molar-refractivity contribution in [2.75, 3.05) is 5.32 Å². The van der Waals surface area contributed by atoms with Crippen LogP contribution < -0.4 is 11.1 Å². The Labute approximate surface area is 119 Å². The molecule has 6 nitrogen and oxygen atoms in total. The summed E-state index contributed by atoms with van der Waals surface area (Å²) in [6.07, 6.45) is -0.188. The lowest BCUT2D eigenvalue weighted by atomic mass is 10.1. The second-order valence-electron chi connectivity index (χ2n) is 3.82. The molecule has 0 aliphatic carbocycles. The van der Waals surface area contributed by atoms with E-state index >= 15 is 0 Å². The quantitative estimate of drug-likeness (QED) is 0.620. The molecular weight excluding hydrogens is 295 g/mol. The fraction of sp³-hybridized carbons (Fsp3) is 0.273. The van der Waals surface area contributed by atoms with Crippen LogP contribution in [0.2, 0.25) is 10.0 Å². The maximum Gasteiger partial charge on any atom is 0.303 e. The highest BCUT2D eigenvalue weighted by Gasteiger charge is 2.16. The van der Waals surface area contributed by atoms with Crippen LogP contribution in [0, 0.1) is 0 Å². The summed E-state index contributed by atoms with van der Waals surface area (Å²) in [7, 11) is 0. The minimum Gasteiger partial charge on any atom is -0.505 e. The number of carboxylic acids is 1. The van der Waals surface area contributed by atoms with Gasteiger partial charge in [0, 0.05) is 12.1 Å². The number of halogens is 2. The lowest BCUT2D eigenvalue weighted by molar-refractivity contribution is -0.137. The SMILES string of the molecule is NC(CCC(=O)O)C(=O)Nc1cc(Cl)c(O)c(Cl)c1. The standard InChI is InChI=1S/C11H12Cl2N2O4/c12-6-3-5(4-7(13)10(6)18)15-11(19)8(14)1-2-9(16)17/h3-4,8,18H,1-2,14H2,(H,15,19)(H,16,17). The normalized spacial score (nSPS) is 11.9. The van der Waals surface area contributed by atoms with E-state index in [0.29, 0.717) is 0 Å². The highest BCUT2D eigenvalue weighted by molar-refractivity contribution is 6.37. The number of hydrogen-bond donors (Lipinski definition) is 4. The van der Waals surface area contributed by atoms with E-state index in [0.717, 1.165) is 0 Å². The molecule has 0 saturated carbocycles. The van der Waals surface area contributed by atoms with Crippen LogP contribution >= 0.6 is 23.2 Å². The zero-order valence-electron chi connectivity index (χ0n) is 9.69. The van der Waals surface area contributed by atoms with E-state index in [2.05, 4.69) is 5.32 Å². The lowest BCUT2D eigenvalue weighted by Crippen LogP contribution is -2.36. The van der Waals surface area contributed by atoms with Crippen LogP contribution in [-0.4, -0.2) is 28.1 Å². The number of amides is 1. The highest BCUT2D eigenvalue weighted by Crippen LogP contribution is 2.34. The number of benzene rings is 1. The van der Waals surface area contributed by atoms with E-state index in [1.165, 1.54) is 12.1 Å². The molecule has 0 radical (unpaired) electrons. The molecule has 1 aromatic rings. The second kappa shape index (κ2) is 6.60. The van der Waals surface area contributed by atoms with Gasteiger partial charge in [-0.05, 0) is 18.6 Å². The van der Waals surface area contributed by atoms with Crippen molar-refractivity contribution >= 4 is 40.8 Å². The number of nitrogens with two attached hydrogens (primary N) is 1. The van der Waals surface area contributed by atoms with Crippen LogP contribution in [0.25, 0.3) is 0 Å². The number of aliphatic carboxylic acids is 1. The van der Waals surface area contributed by atoms with Crippen molar-refractivity contribution in [3.8, 4) is 5.75 Å². The summed E-state index contributed by atoms with van der Waals surface area (Å²) in [5.41, 5.74) is 5.80. The van der Waals surface area contributed by atoms with Crippen molar-refractivity contribution in [2.24, 2.45) is 5.73 Å². The van der Waals surface area contributed by atoms with Crippen LogP contribution in [0.3, 0.4) is 0 Å². The molecule has 0 saturated heterocycles. The van der Waals surface area contributed by atoms with Gasteiger partial charge in [-0.15, -0.1) is 0 Å². The summed E-state index contributed by atoms with van der Waals surface area (Å²) in [6.45, 7) is 0. The Morgan fingerprint density at radius 2 is 1.84 bits per heavy atom. The Hall–Kier alpha value is -1.50. The summed E-state index contributed by atoms with van der Waals surface area (Å²) in [6, 6.07) is 1.66. The third-order valence-corrected chi connectivity index (χ3v) is 2.87. The first-order valence-corrected chi connectivity index (χ1v) is 6.03. The average molecular weight is 307 g/mol. The van der Waals surface area contributed by atoms with Gasteiger partial charge in [0.2, 0.25) is 5.91 Å². The number of rotatable bonds is 5. The Bertz CT molecular complexity index is 484. The first kappa shape index (κ1) is 15.6. The lowest BCUT2D eigenvalue weighted by Gasteiger charge is -2.12. The van der Waals surface area contributed by atoms with Crippen LogP contribution in [0.15, 0.2) is 12.1 Å². The molecular formula is C11H12Cl2N2O4. The fourth-order valence-electron chi connectivity index (χ4n) is 1.28. The molecule has 1 rings (SSSR count). The zero-order valence-corrected chi connectivity index (χ0v) is 11.2. The first-order valence-electron chi connectivity index (χ1n) is 5.27. The number of carboxylic acid groups (broad SMARTS) is 1. The molecule has 0 aliphatic rings. The predicted molar refractivity (Wildman–Crippen MR) is 71.6 cm³/mol. The van der Waals surface area contributed by atoms with Gasteiger partial charge in [0.25, 0.3) is 0 Å². The third-order valence-electron chi connectivity index (χ3n) is 2.29. The van der Waals surface area contributed by atoms with Gasteiger partial charge in [-0.25, -0.2) is 0 Å². The Morgan fingerprint density at radius 3 is 2.32 bits per heavy atom. The van der Waals surface area contributed by atoms with Gasteiger partial charge < -0.3 is 21.3 Å². The molecule has 19 heavy (non-hydrogen) atoms. The van der Waals surface area contributed by atoms with Gasteiger partial charge in [-0.2, -0.15) is 0 Å². The van der Waals surface area contributed by atoms with Crippen molar-refractivity contribution in [3.63, 3.8) is 0 Å². The number of anilines is 1. The molecule has 104 valence electrons. The summed E-state index contributed by atoms with van der Waals surface area (Å²) < 4.78 is 0. The number of hydrogen-bond acceptors (Lipinski definition) is 4. The predicted octanol–water partition coefficient (Wildman–Crippen LogP) is 1.83. The summed E-state index contributed by atoms with van der Waals surface area (Å²) in [5.74, 6) is -1.87. The Kier molecular flexibility index (Phi) is 5.41. The number of phenols is 1. The van der Waals surface area contributed by atoms with Crippen LogP contribution in [0.4, 0.5) is 5.69 Å². The molecule has 1 unspecified atom stereocenters. The molecule has 0 aliphatic heterocycles. The molecule has 0 aromatic heterocycles. The smallest absolute Gasteiger partial charge is 0.303 e.